The van der Waals surface area contributed by atoms with Crippen LogP contribution in [0, 0.1) is 0 Å². The molecule has 1 heteroatoms. The molecule has 0 aliphatic heterocycles. The van der Waals surface area contributed by atoms with Gasteiger partial charge in [-0.2, -0.15) is 0 Å². The second-order valence-corrected chi connectivity index (χ2v) is 3.09. The van der Waals surface area contributed by atoms with Crippen molar-refractivity contribution in [2.45, 2.75) is 46.0 Å². The van der Waals surface area contributed by atoms with Gasteiger partial charge in [-0.3, -0.25) is 4.98 Å². The Morgan fingerprint density at radius 3 is 1.54 bits per heavy atom. The molecular weight excluding hydrogens is 158 g/mol. The van der Waals surface area contributed by atoms with E-state index in [9.17, 15) is 0 Å². The second-order valence-electron chi connectivity index (χ2n) is 3.09. The molecule has 1 heterocycles. The fourth-order valence-electron chi connectivity index (χ4n) is 0.989. The van der Waals surface area contributed by atoms with Crippen LogP contribution in [0.5, 0.6) is 0 Å². The van der Waals surface area contributed by atoms with Gasteiger partial charge in [-0.15, -0.1) is 0 Å². The summed E-state index contributed by atoms with van der Waals surface area (Å²) < 4.78 is 0. The molecule has 0 amide bonds. The van der Waals surface area contributed by atoms with Gasteiger partial charge in [0.05, 0.1) is 0 Å². The molecule has 0 saturated carbocycles. The molecule has 0 unspecified atom stereocenters. The Bertz CT molecular complexity index is 129. The van der Waals surface area contributed by atoms with Crippen molar-refractivity contribution in [1.29, 1.82) is 0 Å². The van der Waals surface area contributed by atoms with Crippen molar-refractivity contribution in [2.24, 2.45) is 0 Å². The van der Waals surface area contributed by atoms with Crippen molar-refractivity contribution in [3.63, 3.8) is 0 Å². The lowest BCUT2D eigenvalue weighted by molar-refractivity contribution is 0.656. The maximum atomic E-state index is 3.78. The zero-order valence-corrected chi connectivity index (χ0v) is 8.87. The second kappa shape index (κ2) is 11.2. The lowest BCUT2D eigenvalue weighted by Gasteiger charge is -1.90. The van der Waals surface area contributed by atoms with Gasteiger partial charge in [0.15, 0.2) is 0 Å². The lowest BCUT2D eigenvalue weighted by atomic mass is 10.2. The molecule has 0 aliphatic rings. The van der Waals surface area contributed by atoms with Crippen molar-refractivity contribution in [3.8, 4) is 0 Å². The van der Waals surface area contributed by atoms with Crippen LogP contribution in [0.4, 0.5) is 0 Å². The Balaban J connectivity index is 0.000000223. The fourth-order valence-corrected chi connectivity index (χ4v) is 0.989. The minimum Gasteiger partial charge on any atom is -0.265 e. The van der Waals surface area contributed by atoms with E-state index >= 15 is 0 Å². The van der Waals surface area contributed by atoms with Crippen LogP contribution in [0.25, 0.3) is 0 Å². The molecule has 13 heavy (non-hydrogen) atoms. The maximum absolute atomic E-state index is 3.78. The summed E-state index contributed by atoms with van der Waals surface area (Å²) in [5.74, 6) is 0. The number of aromatic nitrogens is 1. The minimum atomic E-state index is 1.36. The molecule has 0 fully saturated rings. The van der Waals surface area contributed by atoms with Gasteiger partial charge in [0, 0.05) is 12.4 Å². The maximum Gasteiger partial charge on any atom is 0.0267 e. The highest BCUT2D eigenvalue weighted by Gasteiger charge is 1.80. The molecule has 0 aliphatic carbocycles. The first-order chi connectivity index (χ1) is 6.41. The number of unbranched alkanes of at least 4 members (excludes halogenated alkanes) is 4. The average Bonchev–Trinajstić information content (AvgIpc) is 2.22. The van der Waals surface area contributed by atoms with Gasteiger partial charge in [-0.05, 0) is 12.1 Å². The summed E-state index contributed by atoms with van der Waals surface area (Å²) in [6, 6.07) is 5.72. The highest BCUT2D eigenvalue weighted by atomic mass is 14.6. The third-order valence-corrected chi connectivity index (χ3v) is 1.77. The van der Waals surface area contributed by atoms with Crippen molar-refractivity contribution < 1.29 is 0 Å². The van der Waals surface area contributed by atoms with Gasteiger partial charge in [-0.1, -0.05) is 52.0 Å². The van der Waals surface area contributed by atoms with Crippen LogP contribution >= 0.6 is 0 Å². The summed E-state index contributed by atoms with van der Waals surface area (Å²) in [6.45, 7) is 4.49. The van der Waals surface area contributed by atoms with Crippen LogP contribution < -0.4 is 0 Å². The van der Waals surface area contributed by atoms with Crippen LogP contribution in [0.15, 0.2) is 30.6 Å². The van der Waals surface area contributed by atoms with Crippen molar-refractivity contribution in [1.82, 2.24) is 4.98 Å². The van der Waals surface area contributed by atoms with Crippen molar-refractivity contribution >= 4 is 0 Å². The first-order valence-electron chi connectivity index (χ1n) is 5.26. The van der Waals surface area contributed by atoms with Crippen LogP contribution in [0.2, 0.25) is 0 Å². The summed E-state index contributed by atoms with van der Waals surface area (Å²) in [5.41, 5.74) is 0. The van der Waals surface area contributed by atoms with Crippen LogP contribution in [-0.4, -0.2) is 4.98 Å². The van der Waals surface area contributed by atoms with E-state index in [1.807, 2.05) is 18.2 Å². The Morgan fingerprint density at radius 2 is 1.31 bits per heavy atom. The van der Waals surface area contributed by atoms with E-state index in [4.69, 9.17) is 0 Å². The van der Waals surface area contributed by atoms with Crippen molar-refractivity contribution in [2.75, 3.05) is 0 Å². The molecule has 0 saturated heterocycles. The molecule has 1 aromatic rings. The van der Waals surface area contributed by atoms with Crippen LogP contribution in [0.1, 0.15) is 46.0 Å². The zero-order chi connectivity index (χ0) is 9.78. The van der Waals surface area contributed by atoms with E-state index in [0.29, 0.717) is 0 Å². The molecule has 0 bridgehead atoms. The van der Waals surface area contributed by atoms with Crippen LogP contribution in [0.3, 0.4) is 0 Å². The summed E-state index contributed by atoms with van der Waals surface area (Å²) in [7, 11) is 0. The van der Waals surface area contributed by atoms with E-state index in [-0.39, 0.29) is 0 Å². The Hall–Kier alpha value is -0.850. The monoisotopic (exact) mass is 179 g/mol. The highest BCUT2D eigenvalue weighted by molar-refractivity contribution is 4.88. The van der Waals surface area contributed by atoms with E-state index in [1.165, 1.54) is 32.1 Å². The smallest absolute Gasteiger partial charge is 0.0267 e. The topological polar surface area (TPSA) is 12.9 Å². The first-order valence-corrected chi connectivity index (χ1v) is 5.26. The number of rotatable bonds is 4. The third kappa shape index (κ3) is 11.1. The SMILES string of the molecule is CCCCCCC.c1ccncc1. The number of pyridine rings is 1. The van der Waals surface area contributed by atoms with E-state index in [1.54, 1.807) is 12.4 Å². The number of nitrogens with zero attached hydrogens (tertiary/aromatic N) is 1. The minimum absolute atomic E-state index is 1.36. The lowest BCUT2D eigenvalue weighted by Crippen LogP contribution is -1.70. The molecule has 0 atom stereocenters. The summed E-state index contributed by atoms with van der Waals surface area (Å²) >= 11 is 0. The Kier molecular flexibility index (Phi) is 10.4. The first kappa shape index (κ1) is 12.2. The van der Waals surface area contributed by atoms with E-state index in [2.05, 4.69) is 18.8 Å². The standard InChI is InChI=1S/C7H16.C5H5N/c1-3-5-7-6-4-2;1-2-4-6-5-3-1/h3-7H2,1-2H3;1-5H. The van der Waals surface area contributed by atoms with Gasteiger partial charge in [0.1, 0.15) is 0 Å². The number of hydrogen-bond donors (Lipinski definition) is 0. The molecule has 1 rings (SSSR count). The average molecular weight is 179 g/mol. The van der Waals surface area contributed by atoms with Gasteiger partial charge in [-0.25, -0.2) is 0 Å². The summed E-state index contributed by atoms with van der Waals surface area (Å²) in [5, 5.41) is 0. The van der Waals surface area contributed by atoms with Gasteiger partial charge >= 0.3 is 0 Å². The van der Waals surface area contributed by atoms with Gasteiger partial charge < -0.3 is 0 Å². The molecule has 0 aromatic carbocycles. The largest absolute Gasteiger partial charge is 0.265 e. The molecule has 1 nitrogen and oxygen atoms in total. The number of hydrogen-bond acceptors (Lipinski definition) is 1. The highest BCUT2D eigenvalue weighted by Crippen LogP contribution is 2.00. The molecule has 0 radical (unpaired) electrons. The molecule has 0 spiro atoms. The third-order valence-electron chi connectivity index (χ3n) is 1.77. The van der Waals surface area contributed by atoms with E-state index in [0.717, 1.165) is 0 Å². The zero-order valence-electron chi connectivity index (χ0n) is 8.87. The molecular formula is C12H21N. The molecule has 0 N–H and O–H groups in total. The fraction of sp³-hybridized carbons (Fsp3) is 0.583. The quantitative estimate of drug-likeness (QED) is 0.635. The normalized spacial score (nSPS) is 8.77. The predicted octanol–water partition coefficient (Wildman–Crippen LogP) is 4.06. The Morgan fingerprint density at radius 1 is 0.769 bits per heavy atom. The summed E-state index contributed by atoms with van der Waals surface area (Å²) in [4.78, 5) is 3.78. The Labute approximate surface area is 82.2 Å². The van der Waals surface area contributed by atoms with Gasteiger partial charge in [0.2, 0.25) is 0 Å². The van der Waals surface area contributed by atoms with Gasteiger partial charge in [0.25, 0.3) is 0 Å². The van der Waals surface area contributed by atoms with Crippen molar-refractivity contribution in [3.05, 3.63) is 30.6 Å². The summed E-state index contributed by atoms with van der Waals surface area (Å²) in [6.07, 6.45) is 10.5. The molecule has 74 valence electrons. The van der Waals surface area contributed by atoms with Crippen LogP contribution in [-0.2, 0) is 0 Å². The van der Waals surface area contributed by atoms with E-state index < -0.39 is 0 Å². The predicted molar refractivity (Wildman–Crippen MR) is 58.7 cm³/mol. The molecule has 1 aromatic heterocycles.